The van der Waals surface area contributed by atoms with Crippen molar-refractivity contribution in [2.45, 2.75) is 31.7 Å². The molecule has 0 amide bonds. The number of anilines is 1. The highest BCUT2D eigenvalue weighted by molar-refractivity contribution is 6.03. The number of rotatable bonds is 6. The van der Waals surface area contributed by atoms with Crippen molar-refractivity contribution in [2.24, 2.45) is 5.16 Å². The minimum absolute atomic E-state index is 0.0346. The number of aromatic nitrogens is 3. The fourth-order valence-corrected chi connectivity index (χ4v) is 3.41. The van der Waals surface area contributed by atoms with Crippen LogP contribution in [-0.2, 0) is 27.1 Å². The lowest BCUT2D eigenvalue weighted by Crippen LogP contribution is -2.36. The van der Waals surface area contributed by atoms with Crippen LogP contribution in [-0.4, -0.2) is 39.2 Å². The Morgan fingerprint density at radius 1 is 1.23 bits per heavy atom. The predicted molar refractivity (Wildman–Crippen MR) is 113 cm³/mol. The molecule has 0 saturated heterocycles. The van der Waals surface area contributed by atoms with E-state index in [1.165, 1.54) is 31.3 Å². The van der Waals surface area contributed by atoms with Gasteiger partial charge in [0, 0.05) is 18.5 Å². The second kappa shape index (κ2) is 8.96. The Balaban J connectivity index is 1.58. The van der Waals surface area contributed by atoms with Gasteiger partial charge < -0.3 is 14.9 Å². The van der Waals surface area contributed by atoms with E-state index in [1.54, 1.807) is 0 Å². The molecule has 4 rings (SSSR count). The van der Waals surface area contributed by atoms with Crippen LogP contribution in [0.1, 0.15) is 30.3 Å². The number of benzene rings is 1. The number of pyridine rings is 1. The monoisotopic (exact) mass is 495 g/mol. The molecule has 35 heavy (non-hydrogen) atoms. The lowest BCUT2D eigenvalue weighted by Gasteiger charge is -2.17. The third-order valence-electron chi connectivity index (χ3n) is 5.27. The lowest BCUT2D eigenvalue weighted by molar-refractivity contribution is -0.164. The number of carbonyl (C=O) groups is 1. The van der Waals surface area contributed by atoms with Crippen LogP contribution in [0.5, 0.6) is 0 Å². The predicted octanol–water partition coefficient (Wildman–Crippen LogP) is 4.23. The molecule has 1 aliphatic rings. The largest absolute Gasteiger partial charge is 0.466 e. The molecule has 0 fully saturated rings. The maximum absolute atomic E-state index is 13.8. The third kappa shape index (κ3) is 4.79. The highest BCUT2D eigenvalue weighted by Crippen LogP contribution is 2.34. The number of alkyl halides is 3. The van der Waals surface area contributed by atoms with Gasteiger partial charge in [-0.3, -0.25) is 0 Å². The zero-order valence-corrected chi connectivity index (χ0v) is 18.4. The molecule has 1 atom stereocenters. The van der Waals surface area contributed by atoms with Gasteiger partial charge in [-0.25, -0.2) is 23.2 Å². The summed E-state index contributed by atoms with van der Waals surface area (Å²) < 4.78 is 73.9. The first-order valence-electron chi connectivity index (χ1n) is 10.2. The first-order chi connectivity index (χ1) is 16.5. The Bertz CT molecular complexity index is 1270. The Morgan fingerprint density at radius 3 is 2.54 bits per heavy atom. The van der Waals surface area contributed by atoms with E-state index in [0.29, 0.717) is 10.4 Å². The van der Waals surface area contributed by atoms with Crippen molar-refractivity contribution >= 4 is 17.4 Å². The SMILES string of the molecule is COC(=O)C1(C)CC(c2cc(C(F)(F)F)n(-c3ccc(NCc4c(F)cccc4F)cn3)n2)=NO1. The summed E-state index contributed by atoms with van der Waals surface area (Å²) in [5.41, 5.74) is -2.58. The first-order valence-corrected chi connectivity index (χ1v) is 10.2. The van der Waals surface area contributed by atoms with Crippen LogP contribution < -0.4 is 5.32 Å². The second-order valence-corrected chi connectivity index (χ2v) is 7.81. The number of esters is 1. The normalized spacial score (nSPS) is 17.6. The summed E-state index contributed by atoms with van der Waals surface area (Å²) in [6.45, 7) is 1.20. The molecule has 3 aromatic rings. The molecule has 1 aromatic carbocycles. The maximum Gasteiger partial charge on any atom is 0.433 e. The van der Waals surface area contributed by atoms with Crippen LogP contribution in [0.25, 0.3) is 5.82 Å². The smallest absolute Gasteiger partial charge is 0.433 e. The highest BCUT2D eigenvalue weighted by Gasteiger charge is 2.45. The van der Waals surface area contributed by atoms with Gasteiger partial charge in [-0.1, -0.05) is 11.2 Å². The van der Waals surface area contributed by atoms with Crippen molar-refractivity contribution in [3.05, 3.63) is 71.2 Å². The van der Waals surface area contributed by atoms with E-state index in [2.05, 4.69) is 25.3 Å². The van der Waals surface area contributed by atoms with Gasteiger partial charge in [0.05, 0.1) is 19.0 Å². The molecule has 8 nitrogen and oxygen atoms in total. The summed E-state index contributed by atoms with van der Waals surface area (Å²) >= 11 is 0. The van der Waals surface area contributed by atoms with Crippen LogP contribution in [0.4, 0.5) is 27.6 Å². The second-order valence-electron chi connectivity index (χ2n) is 7.81. The summed E-state index contributed by atoms with van der Waals surface area (Å²) in [6.07, 6.45) is -3.71. The fourth-order valence-electron chi connectivity index (χ4n) is 3.41. The molecule has 1 aliphatic heterocycles. The van der Waals surface area contributed by atoms with Crippen LogP contribution in [0.15, 0.2) is 47.8 Å². The Morgan fingerprint density at radius 2 is 1.94 bits per heavy atom. The Labute approximate surface area is 195 Å². The van der Waals surface area contributed by atoms with Gasteiger partial charge in [-0.05, 0) is 37.3 Å². The number of nitrogens with one attached hydrogen (secondary N) is 1. The van der Waals surface area contributed by atoms with Crippen LogP contribution >= 0.6 is 0 Å². The van der Waals surface area contributed by atoms with Crippen molar-refractivity contribution < 1.29 is 36.3 Å². The lowest BCUT2D eigenvalue weighted by atomic mass is 9.98. The Kier molecular flexibility index (Phi) is 6.17. The quantitative estimate of drug-likeness (QED) is 0.407. The van der Waals surface area contributed by atoms with Gasteiger partial charge in [-0.2, -0.15) is 18.3 Å². The van der Waals surface area contributed by atoms with E-state index in [1.807, 2.05) is 0 Å². The van der Waals surface area contributed by atoms with Crippen LogP contribution in [0.2, 0.25) is 0 Å². The minimum atomic E-state index is -4.78. The maximum atomic E-state index is 13.8. The van der Waals surface area contributed by atoms with Crippen molar-refractivity contribution in [2.75, 3.05) is 12.4 Å². The van der Waals surface area contributed by atoms with Gasteiger partial charge >= 0.3 is 12.1 Å². The minimum Gasteiger partial charge on any atom is -0.466 e. The topological polar surface area (TPSA) is 90.6 Å². The summed E-state index contributed by atoms with van der Waals surface area (Å²) in [6, 6.07) is 6.90. The molecule has 184 valence electrons. The van der Waals surface area contributed by atoms with E-state index in [0.717, 1.165) is 25.3 Å². The number of methoxy groups -OCH3 is 1. The summed E-state index contributed by atoms with van der Waals surface area (Å²) in [5, 5.41) is 10.5. The summed E-state index contributed by atoms with van der Waals surface area (Å²) in [4.78, 5) is 21.0. The van der Waals surface area contributed by atoms with E-state index in [-0.39, 0.29) is 35.8 Å². The number of nitrogens with zero attached hydrogens (tertiary/aromatic N) is 4. The Hall–Kier alpha value is -4.03. The molecule has 13 heteroatoms. The van der Waals surface area contributed by atoms with Gasteiger partial charge in [0.2, 0.25) is 5.60 Å². The number of hydrogen-bond acceptors (Lipinski definition) is 7. The number of oxime groups is 1. The molecule has 0 bridgehead atoms. The zero-order valence-electron chi connectivity index (χ0n) is 18.4. The summed E-state index contributed by atoms with van der Waals surface area (Å²) in [7, 11) is 1.16. The van der Waals surface area contributed by atoms with Crippen molar-refractivity contribution in [1.82, 2.24) is 14.8 Å². The van der Waals surface area contributed by atoms with Gasteiger partial charge in [0.15, 0.2) is 11.5 Å². The molecule has 1 unspecified atom stereocenters. The van der Waals surface area contributed by atoms with Gasteiger partial charge in [-0.15, -0.1) is 0 Å². The molecule has 0 saturated carbocycles. The average Bonchev–Trinajstić information content (AvgIpc) is 3.44. The van der Waals surface area contributed by atoms with E-state index >= 15 is 0 Å². The van der Waals surface area contributed by atoms with Gasteiger partial charge in [0.1, 0.15) is 23.0 Å². The average molecular weight is 495 g/mol. The van der Waals surface area contributed by atoms with E-state index in [9.17, 15) is 26.7 Å². The molecule has 1 N–H and O–H groups in total. The van der Waals surface area contributed by atoms with Crippen LogP contribution in [0.3, 0.4) is 0 Å². The van der Waals surface area contributed by atoms with E-state index in [4.69, 9.17) is 4.84 Å². The van der Waals surface area contributed by atoms with Crippen molar-refractivity contribution in [1.29, 1.82) is 0 Å². The number of carbonyl (C=O) groups excluding carboxylic acids is 1. The standard InChI is InChI=1S/C22H18F5N5O3/c1-21(20(33)34-2)9-17(31-35-21)16-8-18(22(25,26)27)32(30-16)19-7-6-12(10-29-19)28-11-13-14(23)4-3-5-15(13)24/h3-8,10,28H,9,11H2,1-2H3. The fraction of sp³-hybridized carbons (Fsp3) is 0.273. The number of halogens is 5. The van der Waals surface area contributed by atoms with Gasteiger partial charge in [0.25, 0.3) is 0 Å². The number of ether oxygens (including phenoxy) is 1. The molecular weight excluding hydrogens is 477 g/mol. The van der Waals surface area contributed by atoms with Crippen molar-refractivity contribution in [3.63, 3.8) is 0 Å². The third-order valence-corrected chi connectivity index (χ3v) is 5.27. The molecule has 3 heterocycles. The molecule has 0 aliphatic carbocycles. The van der Waals surface area contributed by atoms with Crippen molar-refractivity contribution in [3.8, 4) is 5.82 Å². The zero-order chi connectivity index (χ0) is 25.4. The summed E-state index contributed by atoms with van der Waals surface area (Å²) in [5.74, 6) is -2.36. The van der Waals surface area contributed by atoms with E-state index < -0.39 is 35.1 Å². The highest BCUT2D eigenvalue weighted by atomic mass is 19.4. The molecule has 2 aromatic heterocycles. The first kappa shape index (κ1) is 24.1. The molecule has 0 radical (unpaired) electrons. The van der Waals surface area contributed by atoms with Crippen LogP contribution in [0, 0.1) is 11.6 Å². The molecule has 0 spiro atoms. The number of hydrogen-bond donors (Lipinski definition) is 1. The molecular formula is C22H18F5N5O3.